The second-order valence-electron chi connectivity index (χ2n) is 6.38. The average Bonchev–Trinajstić information content (AvgIpc) is 2.43. The van der Waals surface area contributed by atoms with Crippen molar-refractivity contribution in [2.45, 2.75) is 66.3 Å². The molecule has 0 fully saturated rings. The number of nitrogens with one attached hydrogen (secondary N) is 1. The molecular formula is C16H28BrN3O. The molecule has 1 heterocycles. The van der Waals surface area contributed by atoms with E-state index in [0.29, 0.717) is 11.0 Å². The maximum atomic E-state index is 12.1. The van der Waals surface area contributed by atoms with Gasteiger partial charge in [-0.15, -0.1) is 0 Å². The van der Waals surface area contributed by atoms with Crippen molar-refractivity contribution >= 4 is 21.6 Å². The largest absolute Gasteiger partial charge is 0.382 e. The van der Waals surface area contributed by atoms with Crippen molar-refractivity contribution in [3.05, 3.63) is 21.0 Å². The fraction of sp³-hybridized carbons (Fsp3) is 0.750. The third-order valence-corrected chi connectivity index (χ3v) is 4.40. The first-order valence-electron chi connectivity index (χ1n) is 7.90. The van der Waals surface area contributed by atoms with Crippen molar-refractivity contribution in [3.8, 4) is 0 Å². The quantitative estimate of drug-likeness (QED) is 0.664. The van der Waals surface area contributed by atoms with Crippen molar-refractivity contribution < 1.29 is 0 Å². The molecule has 4 nitrogen and oxygen atoms in total. The van der Waals surface area contributed by atoms with Crippen LogP contribution in [-0.2, 0) is 6.54 Å². The molecule has 0 aliphatic carbocycles. The lowest BCUT2D eigenvalue weighted by atomic mass is 9.87. The van der Waals surface area contributed by atoms with Gasteiger partial charge in [-0.2, -0.15) is 5.10 Å². The number of hydrogen-bond donors (Lipinski definition) is 1. The fourth-order valence-corrected chi connectivity index (χ4v) is 2.68. The molecule has 0 spiro atoms. The van der Waals surface area contributed by atoms with Crippen LogP contribution < -0.4 is 10.9 Å². The predicted octanol–water partition coefficient (Wildman–Crippen LogP) is 4.43. The molecule has 0 amide bonds. The van der Waals surface area contributed by atoms with Crippen LogP contribution in [0.15, 0.2) is 15.5 Å². The van der Waals surface area contributed by atoms with Crippen LogP contribution in [0.25, 0.3) is 0 Å². The smallest absolute Gasteiger partial charge is 0.283 e. The van der Waals surface area contributed by atoms with Crippen LogP contribution in [0.1, 0.15) is 59.8 Å². The minimum Gasteiger partial charge on any atom is -0.382 e. The zero-order valence-corrected chi connectivity index (χ0v) is 15.3. The van der Waals surface area contributed by atoms with Crippen molar-refractivity contribution in [3.63, 3.8) is 0 Å². The fourth-order valence-electron chi connectivity index (χ4n) is 2.24. The number of aromatic nitrogens is 2. The van der Waals surface area contributed by atoms with Gasteiger partial charge in [0.15, 0.2) is 0 Å². The molecule has 5 heteroatoms. The van der Waals surface area contributed by atoms with E-state index in [2.05, 4.69) is 47.1 Å². The zero-order valence-electron chi connectivity index (χ0n) is 13.7. The van der Waals surface area contributed by atoms with E-state index in [1.165, 1.54) is 30.4 Å². The third kappa shape index (κ3) is 5.81. The van der Waals surface area contributed by atoms with E-state index >= 15 is 0 Å². The van der Waals surface area contributed by atoms with E-state index in [-0.39, 0.29) is 11.0 Å². The summed E-state index contributed by atoms with van der Waals surface area (Å²) in [7, 11) is 0. The van der Waals surface area contributed by atoms with Crippen LogP contribution in [0.2, 0.25) is 0 Å². The van der Waals surface area contributed by atoms with Gasteiger partial charge in [-0.3, -0.25) is 4.79 Å². The molecule has 0 aromatic carbocycles. The molecule has 1 rings (SSSR count). The van der Waals surface area contributed by atoms with Gasteiger partial charge in [-0.05, 0) is 34.2 Å². The summed E-state index contributed by atoms with van der Waals surface area (Å²) in [5, 5.41) is 7.58. The Morgan fingerprint density at radius 2 is 2.00 bits per heavy atom. The van der Waals surface area contributed by atoms with Crippen molar-refractivity contribution in [2.24, 2.45) is 5.41 Å². The van der Waals surface area contributed by atoms with Crippen molar-refractivity contribution in [1.82, 2.24) is 9.78 Å². The Labute approximate surface area is 136 Å². The van der Waals surface area contributed by atoms with E-state index in [4.69, 9.17) is 0 Å². The number of rotatable bonds is 9. The molecular weight excluding hydrogens is 330 g/mol. The Hall–Kier alpha value is -0.840. The van der Waals surface area contributed by atoms with E-state index in [1.807, 2.05) is 6.92 Å². The molecule has 0 saturated heterocycles. The summed E-state index contributed by atoms with van der Waals surface area (Å²) in [5.41, 5.74) is 0.939. The Morgan fingerprint density at radius 3 is 2.62 bits per heavy atom. The molecule has 0 aliphatic heterocycles. The highest BCUT2D eigenvalue weighted by molar-refractivity contribution is 9.10. The maximum absolute atomic E-state index is 12.1. The second-order valence-corrected chi connectivity index (χ2v) is 7.17. The summed E-state index contributed by atoms with van der Waals surface area (Å²) >= 11 is 3.40. The standard InChI is InChI=1S/C16H28BrN3O/c1-5-7-8-9-16(3,4)12-18-13-11-19-20(10-6-2)15(21)14(13)17/h11,18H,5-10,12H2,1-4H3. The van der Waals surface area contributed by atoms with Crippen LogP contribution in [0, 0.1) is 5.41 Å². The first-order valence-corrected chi connectivity index (χ1v) is 8.70. The molecule has 21 heavy (non-hydrogen) atoms. The van der Waals surface area contributed by atoms with Gasteiger partial charge < -0.3 is 5.32 Å². The van der Waals surface area contributed by atoms with E-state index in [9.17, 15) is 4.79 Å². The molecule has 0 aliphatic rings. The first-order chi connectivity index (χ1) is 9.91. The maximum Gasteiger partial charge on any atom is 0.283 e. The van der Waals surface area contributed by atoms with Gasteiger partial charge in [0.05, 0.1) is 11.9 Å². The van der Waals surface area contributed by atoms with Gasteiger partial charge in [0.2, 0.25) is 0 Å². The highest BCUT2D eigenvalue weighted by Crippen LogP contribution is 2.25. The predicted molar refractivity (Wildman–Crippen MR) is 92.9 cm³/mol. The number of unbranched alkanes of at least 4 members (excludes halogenated alkanes) is 2. The van der Waals surface area contributed by atoms with Gasteiger partial charge in [0.25, 0.3) is 5.56 Å². The SMILES string of the molecule is CCCCCC(C)(C)CNc1cnn(CCC)c(=O)c1Br. The molecule has 0 unspecified atom stereocenters. The first kappa shape index (κ1) is 18.2. The van der Waals surface area contributed by atoms with Crippen LogP contribution in [0.5, 0.6) is 0 Å². The summed E-state index contributed by atoms with van der Waals surface area (Å²) in [5.74, 6) is 0. The van der Waals surface area contributed by atoms with Crippen LogP contribution in [0.4, 0.5) is 5.69 Å². The van der Waals surface area contributed by atoms with Gasteiger partial charge >= 0.3 is 0 Å². The Morgan fingerprint density at radius 1 is 1.29 bits per heavy atom. The minimum atomic E-state index is -0.0642. The third-order valence-electron chi connectivity index (χ3n) is 3.63. The van der Waals surface area contributed by atoms with E-state index in [1.54, 1.807) is 6.20 Å². The number of aryl methyl sites for hydroxylation is 1. The summed E-state index contributed by atoms with van der Waals surface area (Å²) in [6.07, 6.45) is 7.60. The highest BCUT2D eigenvalue weighted by Gasteiger charge is 2.18. The summed E-state index contributed by atoms with van der Waals surface area (Å²) < 4.78 is 2.08. The second kappa shape index (κ2) is 8.57. The van der Waals surface area contributed by atoms with Crippen LogP contribution >= 0.6 is 15.9 Å². The molecule has 0 saturated carbocycles. The van der Waals surface area contributed by atoms with E-state index in [0.717, 1.165) is 18.7 Å². The average molecular weight is 358 g/mol. The Kier molecular flexibility index (Phi) is 7.43. The van der Waals surface area contributed by atoms with Gasteiger partial charge in [0, 0.05) is 13.1 Å². The zero-order chi connectivity index (χ0) is 15.9. The molecule has 1 aromatic heterocycles. The van der Waals surface area contributed by atoms with Gasteiger partial charge in [0.1, 0.15) is 4.47 Å². The molecule has 120 valence electrons. The van der Waals surface area contributed by atoms with Crippen molar-refractivity contribution in [1.29, 1.82) is 0 Å². The number of anilines is 1. The topological polar surface area (TPSA) is 46.9 Å². The highest BCUT2D eigenvalue weighted by atomic mass is 79.9. The lowest BCUT2D eigenvalue weighted by molar-refractivity contribution is 0.342. The Bertz CT molecular complexity index is 497. The molecule has 0 atom stereocenters. The summed E-state index contributed by atoms with van der Waals surface area (Å²) in [6.45, 7) is 10.3. The lowest BCUT2D eigenvalue weighted by Gasteiger charge is -2.25. The van der Waals surface area contributed by atoms with Crippen LogP contribution in [0.3, 0.4) is 0 Å². The molecule has 1 N–H and O–H groups in total. The molecule has 0 bridgehead atoms. The number of halogens is 1. The summed E-state index contributed by atoms with van der Waals surface area (Å²) in [6, 6.07) is 0. The molecule has 0 radical (unpaired) electrons. The summed E-state index contributed by atoms with van der Waals surface area (Å²) in [4.78, 5) is 12.1. The number of nitrogens with zero attached hydrogens (tertiary/aromatic N) is 2. The van der Waals surface area contributed by atoms with Crippen molar-refractivity contribution in [2.75, 3.05) is 11.9 Å². The minimum absolute atomic E-state index is 0.0642. The Balaban J connectivity index is 2.67. The monoisotopic (exact) mass is 357 g/mol. The molecule has 1 aromatic rings. The normalized spacial score (nSPS) is 11.7. The number of hydrogen-bond acceptors (Lipinski definition) is 3. The lowest BCUT2D eigenvalue weighted by Crippen LogP contribution is -2.27. The van der Waals surface area contributed by atoms with Gasteiger partial charge in [-0.1, -0.05) is 47.0 Å². The van der Waals surface area contributed by atoms with Gasteiger partial charge in [-0.25, -0.2) is 4.68 Å². The van der Waals surface area contributed by atoms with Crippen LogP contribution in [-0.4, -0.2) is 16.3 Å². The van der Waals surface area contributed by atoms with E-state index < -0.39 is 0 Å².